The predicted octanol–water partition coefficient (Wildman–Crippen LogP) is 2.12. The first kappa shape index (κ1) is 14.8. The SMILES string of the molecule is CNC(C)c1ccc(OC(C)C(C)O)c(OC)c1. The molecule has 0 saturated carbocycles. The second kappa shape index (κ2) is 6.61. The monoisotopic (exact) mass is 253 g/mol. The zero-order chi connectivity index (χ0) is 13.7. The molecule has 2 N–H and O–H groups in total. The molecule has 0 bridgehead atoms. The van der Waals surface area contributed by atoms with Crippen molar-refractivity contribution in [1.82, 2.24) is 5.32 Å². The summed E-state index contributed by atoms with van der Waals surface area (Å²) < 4.78 is 11.0. The van der Waals surface area contributed by atoms with E-state index in [1.165, 1.54) is 0 Å². The van der Waals surface area contributed by atoms with Gasteiger partial charge in [0.25, 0.3) is 0 Å². The molecule has 1 aromatic carbocycles. The lowest BCUT2D eigenvalue weighted by Crippen LogP contribution is -2.25. The number of ether oxygens (including phenoxy) is 2. The van der Waals surface area contributed by atoms with Crippen molar-refractivity contribution < 1.29 is 14.6 Å². The first-order valence-corrected chi connectivity index (χ1v) is 6.19. The predicted molar refractivity (Wildman–Crippen MR) is 72.2 cm³/mol. The first-order chi connectivity index (χ1) is 8.49. The van der Waals surface area contributed by atoms with Crippen molar-refractivity contribution >= 4 is 0 Å². The minimum Gasteiger partial charge on any atom is -0.493 e. The van der Waals surface area contributed by atoms with E-state index in [4.69, 9.17) is 9.47 Å². The van der Waals surface area contributed by atoms with E-state index in [0.29, 0.717) is 11.5 Å². The molecule has 3 atom stereocenters. The van der Waals surface area contributed by atoms with Crippen LogP contribution in [0.2, 0.25) is 0 Å². The Hall–Kier alpha value is -1.26. The molecule has 0 heterocycles. The van der Waals surface area contributed by atoms with Crippen LogP contribution in [0, 0.1) is 0 Å². The quantitative estimate of drug-likeness (QED) is 0.815. The molecule has 1 aromatic rings. The van der Waals surface area contributed by atoms with E-state index >= 15 is 0 Å². The average Bonchev–Trinajstić information content (AvgIpc) is 2.37. The summed E-state index contributed by atoms with van der Waals surface area (Å²) in [6, 6.07) is 6.07. The van der Waals surface area contributed by atoms with Crippen LogP contribution in [0.25, 0.3) is 0 Å². The fourth-order valence-electron chi connectivity index (χ4n) is 1.52. The summed E-state index contributed by atoms with van der Waals surface area (Å²) in [5.41, 5.74) is 1.13. The molecule has 0 spiro atoms. The van der Waals surface area contributed by atoms with Gasteiger partial charge in [-0.3, -0.25) is 0 Å². The Morgan fingerprint density at radius 2 is 1.83 bits per heavy atom. The van der Waals surface area contributed by atoms with Gasteiger partial charge in [-0.2, -0.15) is 0 Å². The topological polar surface area (TPSA) is 50.7 Å². The Morgan fingerprint density at radius 1 is 1.17 bits per heavy atom. The van der Waals surface area contributed by atoms with Gasteiger partial charge in [0.05, 0.1) is 13.2 Å². The minimum atomic E-state index is -0.523. The van der Waals surface area contributed by atoms with E-state index in [1.54, 1.807) is 14.0 Å². The van der Waals surface area contributed by atoms with Crippen LogP contribution in [0.15, 0.2) is 18.2 Å². The van der Waals surface area contributed by atoms with Crippen LogP contribution in [-0.2, 0) is 0 Å². The van der Waals surface area contributed by atoms with E-state index in [0.717, 1.165) is 5.56 Å². The molecule has 3 unspecified atom stereocenters. The van der Waals surface area contributed by atoms with Gasteiger partial charge in [-0.25, -0.2) is 0 Å². The van der Waals surface area contributed by atoms with E-state index in [1.807, 2.05) is 32.2 Å². The molecular formula is C14H23NO3. The zero-order valence-electron chi connectivity index (χ0n) is 11.7. The normalized spacial score (nSPS) is 15.9. The molecule has 0 aromatic heterocycles. The molecule has 4 nitrogen and oxygen atoms in total. The molecule has 0 aliphatic rings. The van der Waals surface area contributed by atoms with Gasteiger partial charge in [0.15, 0.2) is 11.5 Å². The minimum absolute atomic E-state index is 0.252. The van der Waals surface area contributed by atoms with E-state index in [9.17, 15) is 5.11 Å². The molecule has 102 valence electrons. The third-order valence-corrected chi connectivity index (χ3v) is 3.11. The van der Waals surface area contributed by atoms with Gasteiger partial charge in [-0.1, -0.05) is 6.07 Å². The molecule has 4 heteroatoms. The van der Waals surface area contributed by atoms with Crippen LogP contribution in [0.5, 0.6) is 11.5 Å². The van der Waals surface area contributed by atoms with E-state index < -0.39 is 6.10 Å². The van der Waals surface area contributed by atoms with Gasteiger partial charge in [0.2, 0.25) is 0 Å². The third-order valence-electron chi connectivity index (χ3n) is 3.11. The Bertz CT molecular complexity index is 379. The summed E-state index contributed by atoms with van der Waals surface area (Å²) >= 11 is 0. The van der Waals surface area contributed by atoms with Crippen LogP contribution >= 0.6 is 0 Å². The molecule has 1 rings (SSSR count). The maximum absolute atomic E-state index is 9.45. The van der Waals surface area contributed by atoms with Gasteiger partial charge in [-0.15, -0.1) is 0 Å². The van der Waals surface area contributed by atoms with Crippen LogP contribution in [-0.4, -0.2) is 31.5 Å². The van der Waals surface area contributed by atoms with Gasteiger partial charge < -0.3 is 19.9 Å². The molecule has 0 amide bonds. The zero-order valence-corrected chi connectivity index (χ0v) is 11.7. The van der Waals surface area contributed by atoms with Crippen molar-refractivity contribution in [3.05, 3.63) is 23.8 Å². The van der Waals surface area contributed by atoms with Crippen LogP contribution in [0.1, 0.15) is 32.4 Å². The summed E-state index contributed by atoms with van der Waals surface area (Å²) in [5, 5.41) is 12.6. The molecule has 0 aliphatic carbocycles. The highest BCUT2D eigenvalue weighted by Crippen LogP contribution is 2.31. The number of hydrogen-bond donors (Lipinski definition) is 2. The number of hydrogen-bond acceptors (Lipinski definition) is 4. The number of nitrogens with one attached hydrogen (secondary N) is 1. The summed E-state index contributed by atoms with van der Waals surface area (Å²) in [6.07, 6.45) is -0.794. The van der Waals surface area contributed by atoms with E-state index in [2.05, 4.69) is 12.2 Å². The Balaban J connectivity index is 2.93. The van der Waals surface area contributed by atoms with Crippen LogP contribution in [0.3, 0.4) is 0 Å². The lowest BCUT2D eigenvalue weighted by atomic mass is 10.1. The summed E-state index contributed by atoms with van der Waals surface area (Å²) in [5.74, 6) is 1.33. The Morgan fingerprint density at radius 3 is 2.33 bits per heavy atom. The smallest absolute Gasteiger partial charge is 0.161 e. The molecule has 0 radical (unpaired) electrons. The highest BCUT2D eigenvalue weighted by molar-refractivity contribution is 5.43. The van der Waals surface area contributed by atoms with Crippen LogP contribution in [0.4, 0.5) is 0 Å². The summed E-state index contributed by atoms with van der Waals surface area (Å²) in [6.45, 7) is 5.61. The van der Waals surface area contributed by atoms with Gasteiger partial charge in [-0.05, 0) is 45.5 Å². The van der Waals surface area contributed by atoms with Crippen molar-refractivity contribution in [1.29, 1.82) is 0 Å². The lowest BCUT2D eigenvalue weighted by molar-refractivity contribution is 0.0586. The van der Waals surface area contributed by atoms with Crippen molar-refractivity contribution in [2.75, 3.05) is 14.2 Å². The van der Waals surface area contributed by atoms with Gasteiger partial charge >= 0.3 is 0 Å². The third kappa shape index (κ3) is 3.62. The number of aliphatic hydroxyl groups excluding tert-OH is 1. The van der Waals surface area contributed by atoms with Gasteiger partial charge in [0.1, 0.15) is 6.10 Å². The lowest BCUT2D eigenvalue weighted by Gasteiger charge is -2.20. The second-order valence-electron chi connectivity index (χ2n) is 4.48. The van der Waals surface area contributed by atoms with Crippen molar-refractivity contribution in [3.63, 3.8) is 0 Å². The van der Waals surface area contributed by atoms with Crippen LogP contribution < -0.4 is 14.8 Å². The number of methoxy groups -OCH3 is 1. The average molecular weight is 253 g/mol. The molecule has 0 aliphatic heterocycles. The van der Waals surface area contributed by atoms with Gasteiger partial charge in [0, 0.05) is 6.04 Å². The fourth-order valence-corrected chi connectivity index (χ4v) is 1.52. The van der Waals surface area contributed by atoms with Crippen molar-refractivity contribution in [2.45, 2.75) is 39.0 Å². The number of rotatable bonds is 6. The fraction of sp³-hybridized carbons (Fsp3) is 0.571. The van der Waals surface area contributed by atoms with E-state index in [-0.39, 0.29) is 12.1 Å². The number of aliphatic hydroxyl groups is 1. The Kier molecular flexibility index (Phi) is 5.44. The largest absolute Gasteiger partial charge is 0.493 e. The number of benzene rings is 1. The maximum atomic E-state index is 9.45. The summed E-state index contributed by atoms with van der Waals surface area (Å²) in [4.78, 5) is 0. The van der Waals surface area contributed by atoms with Crippen molar-refractivity contribution in [2.24, 2.45) is 0 Å². The first-order valence-electron chi connectivity index (χ1n) is 6.19. The molecular weight excluding hydrogens is 230 g/mol. The summed E-state index contributed by atoms with van der Waals surface area (Å²) in [7, 11) is 3.53. The second-order valence-corrected chi connectivity index (χ2v) is 4.48. The highest BCUT2D eigenvalue weighted by atomic mass is 16.5. The Labute approximate surface area is 109 Å². The molecule has 0 fully saturated rings. The highest BCUT2D eigenvalue weighted by Gasteiger charge is 2.15. The van der Waals surface area contributed by atoms with Crippen molar-refractivity contribution in [3.8, 4) is 11.5 Å². The molecule has 0 saturated heterocycles. The standard InChI is InChI=1S/C14H23NO3/c1-9(15-4)12-6-7-13(14(8-12)17-5)18-11(3)10(2)16/h6-11,15-16H,1-5H3. The maximum Gasteiger partial charge on any atom is 0.161 e. The molecule has 18 heavy (non-hydrogen) atoms.